The van der Waals surface area contributed by atoms with Crippen LogP contribution < -0.4 is 14.8 Å². The SMILES string of the molecule is Cc1c(OCCCNCCc2ccccc2)cccc1-c1cccc(OCCCN2CCCC2)c1C. The Kier molecular flexibility index (Phi) is 10.2. The van der Waals surface area contributed by atoms with Gasteiger partial charge >= 0.3 is 0 Å². The van der Waals surface area contributed by atoms with Crippen LogP contribution in [0.4, 0.5) is 0 Å². The largest absolute Gasteiger partial charge is 0.493 e. The molecule has 192 valence electrons. The maximum atomic E-state index is 6.20. The third kappa shape index (κ3) is 7.59. The summed E-state index contributed by atoms with van der Waals surface area (Å²) in [5, 5.41) is 3.53. The summed E-state index contributed by atoms with van der Waals surface area (Å²) in [6.07, 6.45) is 5.81. The van der Waals surface area contributed by atoms with E-state index in [9.17, 15) is 0 Å². The molecule has 3 aromatic carbocycles. The van der Waals surface area contributed by atoms with Crippen molar-refractivity contribution in [2.75, 3.05) is 45.9 Å². The number of ether oxygens (including phenoxy) is 2. The molecule has 4 rings (SSSR count). The first-order chi connectivity index (χ1) is 17.7. The summed E-state index contributed by atoms with van der Waals surface area (Å²) < 4.78 is 12.4. The van der Waals surface area contributed by atoms with Crippen LogP contribution in [-0.4, -0.2) is 50.8 Å². The third-order valence-corrected chi connectivity index (χ3v) is 7.12. The van der Waals surface area contributed by atoms with Crippen LogP contribution in [0.5, 0.6) is 11.5 Å². The lowest BCUT2D eigenvalue weighted by Crippen LogP contribution is -2.22. The van der Waals surface area contributed by atoms with E-state index in [0.717, 1.165) is 57.0 Å². The summed E-state index contributed by atoms with van der Waals surface area (Å²) >= 11 is 0. The Bertz CT molecular complexity index is 1060. The van der Waals surface area contributed by atoms with E-state index in [-0.39, 0.29) is 0 Å². The second-order valence-corrected chi connectivity index (χ2v) is 9.80. The molecule has 0 atom stereocenters. The van der Waals surface area contributed by atoms with Crippen LogP contribution >= 0.6 is 0 Å². The number of nitrogens with one attached hydrogen (secondary N) is 1. The second-order valence-electron chi connectivity index (χ2n) is 9.80. The molecule has 0 spiro atoms. The molecule has 0 saturated carbocycles. The molecule has 4 heteroatoms. The van der Waals surface area contributed by atoms with Gasteiger partial charge in [0.1, 0.15) is 11.5 Å². The molecule has 1 aliphatic rings. The molecule has 0 amide bonds. The quantitative estimate of drug-likeness (QED) is 0.266. The molecular weight excluding hydrogens is 444 g/mol. The average molecular weight is 487 g/mol. The highest BCUT2D eigenvalue weighted by molar-refractivity contribution is 5.74. The van der Waals surface area contributed by atoms with Gasteiger partial charge in [-0.3, -0.25) is 0 Å². The number of hydrogen-bond donors (Lipinski definition) is 1. The fourth-order valence-electron chi connectivity index (χ4n) is 4.98. The van der Waals surface area contributed by atoms with Crippen molar-refractivity contribution in [3.8, 4) is 22.6 Å². The molecule has 3 aromatic rings. The normalized spacial score (nSPS) is 13.7. The van der Waals surface area contributed by atoms with Gasteiger partial charge in [0.05, 0.1) is 13.2 Å². The van der Waals surface area contributed by atoms with Gasteiger partial charge in [-0.2, -0.15) is 0 Å². The van der Waals surface area contributed by atoms with Crippen LogP contribution in [0.25, 0.3) is 11.1 Å². The molecule has 0 unspecified atom stereocenters. The standard InChI is InChI=1S/C32H42N2O2/c1-26-29(30-15-9-17-32(27(30)2)36-25-11-23-34-21-6-7-22-34)14-8-16-31(26)35-24-10-19-33-20-18-28-12-4-3-5-13-28/h3-5,8-9,12-17,33H,6-7,10-11,18-25H2,1-2H3. The van der Waals surface area contributed by atoms with E-state index >= 15 is 0 Å². The average Bonchev–Trinajstić information content (AvgIpc) is 3.42. The lowest BCUT2D eigenvalue weighted by Gasteiger charge is -2.18. The summed E-state index contributed by atoms with van der Waals surface area (Å²) in [6, 6.07) is 23.4. The molecule has 0 aliphatic carbocycles. The van der Waals surface area contributed by atoms with Gasteiger partial charge in [0.2, 0.25) is 0 Å². The fraction of sp³-hybridized carbons (Fsp3) is 0.438. The summed E-state index contributed by atoms with van der Waals surface area (Å²) in [6.45, 7) is 11.4. The van der Waals surface area contributed by atoms with Crippen LogP contribution in [0.15, 0.2) is 66.7 Å². The summed E-state index contributed by atoms with van der Waals surface area (Å²) in [5.41, 5.74) is 6.19. The molecule has 0 radical (unpaired) electrons. The van der Waals surface area contributed by atoms with Gasteiger partial charge in [0, 0.05) is 6.54 Å². The third-order valence-electron chi connectivity index (χ3n) is 7.12. The maximum Gasteiger partial charge on any atom is 0.122 e. The molecule has 1 saturated heterocycles. The van der Waals surface area contributed by atoms with E-state index < -0.39 is 0 Å². The zero-order valence-corrected chi connectivity index (χ0v) is 22.1. The van der Waals surface area contributed by atoms with Gasteiger partial charge in [-0.15, -0.1) is 0 Å². The Morgan fingerprint density at radius 3 is 1.94 bits per heavy atom. The topological polar surface area (TPSA) is 33.7 Å². The lowest BCUT2D eigenvalue weighted by molar-refractivity contribution is 0.262. The Morgan fingerprint density at radius 2 is 1.31 bits per heavy atom. The fourth-order valence-corrected chi connectivity index (χ4v) is 4.98. The minimum absolute atomic E-state index is 0.710. The van der Waals surface area contributed by atoms with Gasteiger partial charge in [-0.1, -0.05) is 54.6 Å². The molecule has 4 nitrogen and oxygen atoms in total. The lowest BCUT2D eigenvalue weighted by atomic mass is 9.95. The minimum Gasteiger partial charge on any atom is -0.493 e. The number of nitrogens with zero attached hydrogens (tertiary/aromatic N) is 1. The zero-order valence-electron chi connectivity index (χ0n) is 22.1. The number of hydrogen-bond acceptors (Lipinski definition) is 4. The van der Waals surface area contributed by atoms with Crippen LogP contribution in [0.3, 0.4) is 0 Å². The van der Waals surface area contributed by atoms with Crippen LogP contribution in [-0.2, 0) is 6.42 Å². The first-order valence-corrected chi connectivity index (χ1v) is 13.6. The summed E-state index contributed by atoms with van der Waals surface area (Å²) in [7, 11) is 0. The van der Waals surface area contributed by atoms with Crippen molar-refractivity contribution >= 4 is 0 Å². The first kappa shape index (κ1) is 26.2. The number of likely N-dealkylation sites (tertiary alicyclic amines) is 1. The Labute approximate surface area is 217 Å². The highest BCUT2D eigenvalue weighted by Gasteiger charge is 2.13. The highest BCUT2D eigenvalue weighted by atomic mass is 16.5. The van der Waals surface area contributed by atoms with Crippen molar-refractivity contribution in [3.05, 3.63) is 83.4 Å². The Morgan fingerprint density at radius 1 is 0.694 bits per heavy atom. The molecule has 36 heavy (non-hydrogen) atoms. The molecule has 1 N–H and O–H groups in total. The van der Waals surface area contributed by atoms with Crippen molar-refractivity contribution in [1.29, 1.82) is 0 Å². The van der Waals surface area contributed by atoms with E-state index in [1.165, 1.54) is 53.7 Å². The summed E-state index contributed by atoms with van der Waals surface area (Å²) in [5.74, 6) is 1.95. The van der Waals surface area contributed by atoms with Crippen molar-refractivity contribution in [1.82, 2.24) is 10.2 Å². The van der Waals surface area contributed by atoms with Crippen molar-refractivity contribution < 1.29 is 9.47 Å². The summed E-state index contributed by atoms with van der Waals surface area (Å²) in [4.78, 5) is 2.54. The van der Waals surface area contributed by atoms with E-state index in [0.29, 0.717) is 6.61 Å². The van der Waals surface area contributed by atoms with Gasteiger partial charge < -0.3 is 19.7 Å². The van der Waals surface area contributed by atoms with Gasteiger partial charge in [-0.05, 0) is 112 Å². The molecule has 1 fully saturated rings. The predicted octanol–water partition coefficient (Wildman–Crippen LogP) is 6.44. The molecular formula is C32H42N2O2. The van der Waals surface area contributed by atoms with E-state index in [1.54, 1.807) is 0 Å². The van der Waals surface area contributed by atoms with Gasteiger partial charge in [-0.25, -0.2) is 0 Å². The second kappa shape index (κ2) is 14.1. The first-order valence-electron chi connectivity index (χ1n) is 13.6. The molecule has 0 bridgehead atoms. The van der Waals surface area contributed by atoms with E-state index in [2.05, 4.69) is 90.8 Å². The van der Waals surface area contributed by atoms with Gasteiger partial charge in [0.15, 0.2) is 0 Å². The van der Waals surface area contributed by atoms with Crippen LogP contribution in [0, 0.1) is 13.8 Å². The predicted molar refractivity (Wildman–Crippen MR) is 150 cm³/mol. The van der Waals surface area contributed by atoms with Crippen molar-refractivity contribution in [3.63, 3.8) is 0 Å². The monoisotopic (exact) mass is 486 g/mol. The van der Waals surface area contributed by atoms with E-state index in [1.807, 2.05) is 0 Å². The molecule has 1 heterocycles. The Hall–Kier alpha value is -2.82. The van der Waals surface area contributed by atoms with Crippen LogP contribution in [0.2, 0.25) is 0 Å². The highest BCUT2D eigenvalue weighted by Crippen LogP contribution is 2.35. The molecule has 1 aliphatic heterocycles. The molecule has 0 aromatic heterocycles. The number of benzene rings is 3. The van der Waals surface area contributed by atoms with Crippen molar-refractivity contribution in [2.24, 2.45) is 0 Å². The Balaban J connectivity index is 1.25. The van der Waals surface area contributed by atoms with Crippen LogP contribution in [0.1, 0.15) is 42.4 Å². The smallest absolute Gasteiger partial charge is 0.122 e. The zero-order chi connectivity index (χ0) is 25.0. The number of rotatable bonds is 14. The van der Waals surface area contributed by atoms with E-state index in [4.69, 9.17) is 9.47 Å². The maximum absolute atomic E-state index is 6.20. The van der Waals surface area contributed by atoms with Gasteiger partial charge in [0.25, 0.3) is 0 Å². The minimum atomic E-state index is 0.710. The van der Waals surface area contributed by atoms with Crippen molar-refractivity contribution in [2.45, 2.75) is 46.0 Å².